The lowest BCUT2D eigenvalue weighted by atomic mass is 10.1. The van der Waals surface area contributed by atoms with Crippen LogP contribution in [0, 0.1) is 5.92 Å². The van der Waals surface area contributed by atoms with Crippen LogP contribution in [-0.2, 0) is 9.59 Å². The zero-order valence-corrected chi connectivity index (χ0v) is 15.1. The number of hydrogen-bond donors (Lipinski definition) is 1. The third-order valence-electron chi connectivity index (χ3n) is 4.90. The lowest BCUT2D eigenvalue weighted by molar-refractivity contribution is -0.126. The van der Waals surface area contributed by atoms with Crippen LogP contribution in [0.5, 0.6) is 11.5 Å². The molecule has 1 aromatic carbocycles. The molecule has 2 aromatic rings. The van der Waals surface area contributed by atoms with Gasteiger partial charge in [0.2, 0.25) is 11.8 Å². The number of nitrogens with one attached hydrogen (secondary N) is 1. The summed E-state index contributed by atoms with van der Waals surface area (Å²) < 4.78 is 11.1. The molecule has 1 saturated heterocycles. The van der Waals surface area contributed by atoms with E-state index >= 15 is 0 Å². The van der Waals surface area contributed by atoms with Crippen molar-refractivity contribution in [2.75, 3.05) is 24.7 Å². The van der Waals surface area contributed by atoms with E-state index in [2.05, 4.69) is 10.3 Å². The molecule has 7 heteroatoms. The number of ether oxygens (including phenoxy) is 2. The van der Waals surface area contributed by atoms with Gasteiger partial charge >= 0.3 is 0 Å². The maximum atomic E-state index is 12.6. The molecule has 0 bridgehead atoms. The predicted molar refractivity (Wildman–Crippen MR) is 98.7 cm³/mol. The van der Waals surface area contributed by atoms with Crippen LogP contribution in [0.3, 0.4) is 0 Å². The van der Waals surface area contributed by atoms with Crippen LogP contribution < -0.4 is 19.7 Å². The summed E-state index contributed by atoms with van der Waals surface area (Å²) in [6, 6.07) is 9.02. The third kappa shape index (κ3) is 3.58. The second kappa shape index (κ2) is 7.26. The molecule has 4 rings (SSSR count). The standard InChI is InChI=1S/C20H21N3O4/c1-13(14-4-6-21-7-5-14)22-20(25)15-10-19(24)23(12-15)16-2-3-17-18(11-16)27-9-8-26-17/h2-7,11,13,15H,8-10,12H2,1H3,(H,22,25)/t13-,15+/m1/s1. The van der Waals surface area contributed by atoms with Crippen LogP contribution in [0.2, 0.25) is 0 Å². The van der Waals surface area contributed by atoms with Crippen LogP contribution in [0.4, 0.5) is 5.69 Å². The van der Waals surface area contributed by atoms with Gasteiger partial charge in [-0.1, -0.05) is 0 Å². The molecule has 27 heavy (non-hydrogen) atoms. The van der Waals surface area contributed by atoms with E-state index in [1.807, 2.05) is 25.1 Å². The van der Waals surface area contributed by atoms with E-state index in [1.54, 1.807) is 29.4 Å². The Kier molecular flexibility index (Phi) is 4.66. The van der Waals surface area contributed by atoms with Crippen molar-refractivity contribution < 1.29 is 19.1 Å². The third-order valence-corrected chi connectivity index (χ3v) is 4.90. The summed E-state index contributed by atoms with van der Waals surface area (Å²) >= 11 is 0. The molecular formula is C20H21N3O4. The first-order valence-electron chi connectivity index (χ1n) is 9.02. The number of benzene rings is 1. The lowest BCUT2D eigenvalue weighted by Crippen LogP contribution is -2.34. The quantitative estimate of drug-likeness (QED) is 0.895. The fourth-order valence-corrected chi connectivity index (χ4v) is 3.40. The fraction of sp³-hybridized carbons (Fsp3) is 0.350. The van der Waals surface area contributed by atoms with E-state index in [4.69, 9.17) is 9.47 Å². The van der Waals surface area contributed by atoms with Crippen molar-refractivity contribution in [2.45, 2.75) is 19.4 Å². The minimum Gasteiger partial charge on any atom is -0.486 e. The first kappa shape index (κ1) is 17.3. The number of anilines is 1. The molecule has 2 amide bonds. The number of aromatic nitrogens is 1. The molecule has 140 valence electrons. The zero-order chi connectivity index (χ0) is 18.8. The van der Waals surface area contributed by atoms with E-state index in [1.165, 1.54) is 0 Å². The highest BCUT2D eigenvalue weighted by molar-refractivity contribution is 6.00. The van der Waals surface area contributed by atoms with Crippen molar-refractivity contribution in [2.24, 2.45) is 5.92 Å². The Morgan fingerprint density at radius 1 is 1.19 bits per heavy atom. The molecule has 2 atom stereocenters. The molecule has 0 spiro atoms. The van der Waals surface area contributed by atoms with Gasteiger partial charge < -0.3 is 19.7 Å². The van der Waals surface area contributed by atoms with E-state index < -0.39 is 0 Å². The van der Waals surface area contributed by atoms with Crippen molar-refractivity contribution in [1.29, 1.82) is 0 Å². The zero-order valence-electron chi connectivity index (χ0n) is 15.1. The molecule has 0 saturated carbocycles. The Labute approximate surface area is 157 Å². The summed E-state index contributed by atoms with van der Waals surface area (Å²) in [5.74, 6) is 0.744. The average molecular weight is 367 g/mol. The Hall–Kier alpha value is -3.09. The summed E-state index contributed by atoms with van der Waals surface area (Å²) in [5.41, 5.74) is 1.70. The molecule has 1 aromatic heterocycles. The largest absolute Gasteiger partial charge is 0.486 e. The van der Waals surface area contributed by atoms with Crippen molar-refractivity contribution in [1.82, 2.24) is 10.3 Å². The van der Waals surface area contributed by atoms with Gasteiger partial charge in [0.25, 0.3) is 0 Å². The lowest BCUT2D eigenvalue weighted by Gasteiger charge is -2.22. The van der Waals surface area contributed by atoms with E-state index in [0.29, 0.717) is 31.3 Å². The number of nitrogens with zero attached hydrogens (tertiary/aromatic N) is 2. The molecule has 0 radical (unpaired) electrons. The van der Waals surface area contributed by atoms with Crippen molar-refractivity contribution in [3.05, 3.63) is 48.3 Å². The number of hydrogen-bond acceptors (Lipinski definition) is 5. The average Bonchev–Trinajstić information content (AvgIpc) is 3.10. The topological polar surface area (TPSA) is 80.8 Å². The van der Waals surface area contributed by atoms with Gasteiger partial charge in [-0.05, 0) is 36.8 Å². The molecule has 7 nitrogen and oxygen atoms in total. The maximum Gasteiger partial charge on any atom is 0.227 e. The number of carbonyl (C=O) groups excluding carboxylic acids is 2. The van der Waals surface area contributed by atoms with E-state index in [0.717, 1.165) is 11.3 Å². The summed E-state index contributed by atoms with van der Waals surface area (Å²) in [4.78, 5) is 30.7. The number of fused-ring (bicyclic) bond motifs is 1. The van der Waals surface area contributed by atoms with E-state index in [-0.39, 0.29) is 30.2 Å². The second-order valence-corrected chi connectivity index (χ2v) is 6.74. The molecule has 0 aliphatic carbocycles. The van der Waals surface area contributed by atoms with Crippen LogP contribution in [0.1, 0.15) is 24.9 Å². The van der Waals surface area contributed by atoms with Gasteiger partial charge in [0.1, 0.15) is 13.2 Å². The van der Waals surface area contributed by atoms with E-state index in [9.17, 15) is 9.59 Å². The first-order chi connectivity index (χ1) is 13.1. The smallest absolute Gasteiger partial charge is 0.227 e. The van der Waals surface area contributed by atoms with Gasteiger partial charge in [0.15, 0.2) is 11.5 Å². The minimum atomic E-state index is -0.380. The van der Waals surface area contributed by atoms with Gasteiger partial charge in [-0.2, -0.15) is 0 Å². The maximum absolute atomic E-state index is 12.6. The molecule has 3 heterocycles. The summed E-state index contributed by atoms with van der Waals surface area (Å²) in [6.07, 6.45) is 3.59. The second-order valence-electron chi connectivity index (χ2n) is 6.74. The monoisotopic (exact) mass is 367 g/mol. The Morgan fingerprint density at radius 2 is 1.93 bits per heavy atom. The SMILES string of the molecule is C[C@@H](NC(=O)[C@H]1CC(=O)N(c2ccc3c(c2)OCCO3)C1)c1ccncc1. The van der Waals surface area contributed by atoms with Gasteiger partial charge in [0.05, 0.1) is 12.0 Å². The number of amides is 2. The highest BCUT2D eigenvalue weighted by atomic mass is 16.6. The number of carbonyl (C=O) groups is 2. The fourth-order valence-electron chi connectivity index (χ4n) is 3.40. The van der Waals surface area contributed by atoms with Gasteiger partial charge in [-0.25, -0.2) is 0 Å². The Bertz CT molecular complexity index is 856. The Morgan fingerprint density at radius 3 is 2.70 bits per heavy atom. The van der Waals surface area contributed by atoms with Crippen LogP contribution in [0.15, 0.2) is 42.7 Å². The normalized spacial score (nSPS) is 19.7. The Balaban J connectivity index is 1.43. The van der Waals surface area contributed by atoms with Crippen molar-refractivity contribution in [3.63, 3.8) is 0 Å². The highest BCUT2D eigenvalue weighted by Crippen LogP contribution is 2.36. The summed E-state index contributed by atoms with van der Waals surface area (Å²) in [5, 5.41) is 2.99. The van der Waals surface area contributed by atoms with Crippen LogP contribution in [0.25, 0.3) is 0 Å². The molecule has 2 aliphatic heterocycles. The van der Waals surface area contributed by atoms with Gasteiger partial charge in [0, 0.05) is 37.1 Å². The van der Waals surface area contributed by atoms with Gasteiger partial charge in [-0.15, -0.1) is 0 Å². The molecule has 1 fully saturated rings. The highest BCUT2D eigenvalue weighted by Gasteiger charge is 2.36. The minimum absolute atomic E-state index is 0.0663. The molecular weight excluding hydrogens is 346 g/mol. The van der Waals surface area contributed by atoms with Gasteiger partial charge in [-0.3, -0.25) is 14.6 Å². The first-order valence-corrected chi connectivity index (χ1v) is 9.02. The summed E-state index contributed by atoms with van der Waals surface area (Å²) in [7, 11) is 0. The molecule has 1 N–H and O–H groups in total. The summed E-state index contributed by atoms with van der Waals surface area (Å²) in [6.45, 7) is 3.28. The van der Waals surface area contributed by atoms with Crippen molar-refractivity contribution >= 4 is 17.5 Å². The molecule has 0 unspecified atom stereocenters. The van der Waals surface area contributed by atoms with Crippen LogP contribution >= 0.6 is 0 Å². The van der Waals surface area contributed by atoms with Crippen molar-refractivity contribution in [3.8, 4) is 11.5 Å². The number of pyridine rings is 1. The molecule has 2 aliphatic rings. The number of rotatable bonds is 4. The predicted octanol–water partition coefficient (Wildman–Crippen LogP) is 2.08. The van der Waals surface area contributed by atoms with Crippen LogP contribution in [-0.4, -0.2) is 36.6 Å².